The molecule has 0 fully saturated rings. The van der Waals surface area contributed by atoms with Crippen molar-refractivity contribution in [1.29, 1.82) is 0 Å². The van der Waals surface area contributed by atoms with Crippen molar-refractivity contribution in [2.45, 2.75) is 19.4 Å². The van der Waals surface area contributed by atoms with Gasteiger partial charge in [-0.05, 0) is 13.8 Å². The van der Waals surface area contributed by atoms with Gasteiger partial charge in [-0.15, -0.1) is 0 Å². The molecule has 0 aliphatic rings. The van der Waals surface area contributed by atoms with Gasteiger partial charge in [0.15, 0.2) is 5.82 Å². The van der Waals surface area contributed by atoms with Gasteiger partial charge in [-0.3, -0.25) is 0 Å². The van der Waals surface area contributed by atoms with E-state index in [4.69, 9.17) is 16.3 Å². The molecule has 18 heavy (non-hydrogen) atoms. The number of rotatable bonds is 3. The first-order chi connectivity index (χ1) is 8.53. The molecule has 1 aromatic heterocycles. The summed E-state index contributed by atoms with van der Waals surface area (Å²) in [6, 6.07) is 11.6. The largest absolute Gasteiger partial charge is 0.371 e. The zero-order valence-electron chi connectivity index (χ0n) is 10.6. The maximum absolute atomic E-state index is 6.06. The van der Waals surface area contributed by atoms with E-state index in [0.29, 0.717) is 11.0 Å². The molecular weight excluding hydrogens is 248 g/mol. The lowest BCUT2D eigenvalue weighted by Crippen LogP contribution is -2.23. The number of ether oxygens (including phenoxy) is 1. The molecule has 1 heterocycles. The van der Waals surface area contributed by atoms with Crippen LogP contribution >= 0.6 is 11.6 Å². The molecule has 0 amide bonds. The van der Waals surface area contributed by atoms with Gasteiger partial charge in [0.2, 0.25) is 0 Å². The van der Waals surface area contributed by atoms with Gasteiger partial charge in [0, 0.05) is 18.7 Å². The quantitative estimate of drug-likeness (QED) is 0.792. The first-order valence-corrected chi connectivity index (χ1v) is 6.06. The molecule has 0 spiro atoms. The summed E-state index contributed by atoms with van der Waals surface area (Å²) < 4.78 is 5.39. The van der Waals surface area contributed by atoms with Crippen molar-refractivity contribution in [1.82, 2.24) is 9.97 Å². The van der Waals surface area contributed by atoms with Gasteiger partial charge in [0.05, 0.1) is 5.69 Å². The third-order valence-electron chi connectivity index (χ3n) is 2.81. The second-order valence-corrected chi connectivity index (χ2v) is 4.87. The fourth-order valence-corrected chi connectivity index (χ4v) is 1.72. The number of hydrogen-bond acceptors (Lipinski definition) is 3. The van der Waals surface area contributed by atoms with Crippen molar-refractivity contribution in [3.05, 3.63) is 47.4 Å². The summed E-state index contributed by atoms with van der Waals surface area (Å²) in [5.41, 5.74) is 1.25. The minimum Gasteiger partial charge on any atom is -0.371 e. The lowest BCUT2D eigenvalue weighted by molar-refractivity contribution is 0.0116. The van der Waals surface area contributed by atoms with Crippen LogP contribution in [0.3, 0.4) is 0 Å². The van der Waals surface area contributed by atoms with Crippen LogP contribution in [-0.2, 0) is 10.3 Å². The number of aromatic nitrogens is 2. The van der Waals surface area contributed by atoms with E-state index in [1.807, 2.05) is 44.2 Å². The highest BCUT2D eigenvalue weighted by atomic mass is 35.5. The number of nitrogens with zero attached hydrogens (tertiary/aromatic N) is 2. The maximum Gasteiger partial charge on any atom is 0.161 e. The van der Waals surface area contributed by atoms with Crippen molar-refractivity contribution >= 4 is 11.6 Å². The molecule has 1 aromatic carbocycles. The van der Waals surface area contributed by atoms with Crippen molar-refractivity contribution in [3.63, 3.8) is 0 Å². The van der Waals surface area contributed by atoms with Gasteiger partial charge >= 0.3 is 0 Å². The summed E-state index contributed by atoms with van der Waals surface area (Å²) in [4.78, 5) is 8.76. The minimum absolute atomic E-state index is 0.420. The number of methoxy groups -OCH3 is 1. The Kier molecular flexibility index (Phi) is 3.64. The zero-order valence-corrected chi connectivity index (χ0v) is 11.4. The van der Waals surface area contributed by atoms with E-state index in [1.165, 1.54) is 0 Å². The molecule has 94 valence electrons. The van der Waals surface area contributed by atoms with Gasteiger partial charge in [-0.25, -0.2) is 9.97 Å². The lowest BCUT2D eigenvalue weighted by Gasteiger charge is -2.21. The highest BCUT2D eigenvalue weighted by Gasteiger charge is 2.24. The number of hydrogen-bond donors (Lipinski definition) is 0. The first kappa shape index (κ1) is 13.0. The number of benzene rings is 1. The zero-order chi connectivity index (χ0) is 13.2. The predicted octanol–water partition coefficient (Wildman–Crippen LogP) is 3.68. The maximum atomic E-state index is 6.06. The van der Waals surface area contributed by atoms with Crippen molar-refractivity contribution in [3.8, 4) is 11.3 Å². The molecule has 3 nitrogen and oxygen atoms in total. The van der Waals surface area contributed by atoms with Crippen LogP contribution in [0.25, 0.3) is 11.3 Å². The van der Waals surface area contributed by atoms with Gasteiger partial charge in [-0.2, -0.15) is 0 Å². The minimum atomic E-state index is -0.561. The molecule has 0 N–H and O–H groups in total. The monoisotopic (exact) mass is 262 g/mol. The van der Waals surface area contributed by atoms with E-state index in [1.54, 1.807) is 13.2 Å². The standard InChI is InChI=1S/C14H15ClN2O/c1-14(2,18-3)13-16-11(9-12(15)17-13)10-7-5-4-6-8-10/h4-9H,1-3H3. The molecule has 0 saturated heterocycles. The van der Waals surface area contributed by atoms with Crippen LogP contribution in [0.4, 0.5) is 0 Å². The van der Waals surface area contributed by atoms with Gasteiger partial charge in [-0.1, -0.05) is 41.9 Å². The Morgan fingerprint density at radius 1 is 1.11 bits per heavy atom. The van der Waals surface area contributed by atoms with Crippen molar-refractivity contribution < 1.29 is 4.74 Å². The molecular formula is C14H15ClN2O. The molecule has 0 bridgehead atoms. The summed E-state index contributed by atoms with van der Waals surface area (Å²) >= 11 is 6.06. The Bertz CT molecular complexity index is 541. The molecule has 0 atom stereocenters. The molecule has 4 heteroatoms. The van der Waals surface area contributed by atoms with Gasteiger partial charge < -0.3 is 4.74 Å². The molecule has 0 radical (unpaired) electrons. The SMILES string of the molecule is COC(C)(C)c1nc(Cl)cc(-c2ccccc2)n1. The average molecular weight is 263 g/mol. The van der Waals surface area contributed by atoms with Crippen LogP contribution in [0, 0.1) is 0 Å². The second kappa shape index (κ2) is 5.04. The van der Waals surface area contributed by atoms with Crippen LogP contribution in [0.2, 0.25) is 5.15 Å². The fourth-order valence-electron chi connectivity index (χ4n) is 1.53. The van der Waals surface area contributed by atoms with E-state index < -0.39 is 5.60 Å². The van der Waals surface area contributed by atoms with Crippen LogP contribution in [-0.4, -0.2) is 17.1 Å². The highest BCUT2D eigenvalue weighted by molar-refractivity contribution is 6.29. The Balaban J connectivity index is 2.52. The third-order valence-corrected chi connectivity index (χ3v) is 3.01. The molecule has 0 unspecified atom stereocenters. The van der Waals surface area contributed by atoms with Gasteiger partial charge in [0.1, 0.15) is 10.8 Å². The van der Waals surface area contributed by atoms with E-state index in [9.17, 15) is 0 Å². The van der Waals surface area contributed by atoms with Crippen LogP contribution in [0.1, 0.15) is 19.7 Å². The summed E-state index contributed by atoms with van der Waals surface area (Å²) in [6.07, 6.45) is 0. The van der Waals surface area contributed by atoms with Crippen LogP contribution in [0.15, 0.2) is 36.4 Å². The Labute approximate surface area is 112 Å². The van der Waals surface area contributed by atoms with E-state index in [0.717, 1.165) is 11.3 Å². The molecule has 2 rings (SSSR count). The molecule has 2 aromatic rings. The summed E-state index contributed by atoms with van der Waals surface area (Å²) in [5.74, 6) is 0.580. The second-order valence-electron chi connectivity index (χ2n) is 4.48. The summed E-state index contributed by atoms with van der Waals surface area (Å²) in [7, 11) is 1.63. The molecule has 0 aliphatic carbocycles. The normalized spacial score (nSPS) is 11.6. The van der Waals surface area contributed by atoms with Crippen molar-refractivity contribution in [2.75, 3.05) is 7.11 Å². The van der Waals surface area contributed by atoms with E-state index >= 15 is 0 Å². The first-order valence-electron chi connectivity index (χ1n) is 5.68. The van der Waals surface area contributed by atoms with Gasteiger partial charge in [0.25, 0.3) is 0 Å². The Morgan fingerprint density at radius 2 is 1.78 bits per heavy atom. The van der Waals surface area contributed by atoms with Crippen molar-refractivity contribution in [2.24, 2.45) is 0 Å². The highest BCUT2D eigenvalue weighted by Crippen LogP contribution is 2.26. The third kappa shape index (κ3) is 2.68. The molecule has 0 aliphatic heterocycles. The molecule has 0 saturated carbocycles. The Morgan fingerprint density at radius 3 is 2.39 bits per heavy atom. The van der Waals surface area contributed by atoms with E-state index in [-0.39, 0.29) is 0 Å². The smallest absolute Gasteiger partial charge is 0.161 e. The fraction of sp³-hybridized carbons (Fsp3) is 0.286. The summed E-state index contributed by atoms with van der Waals surface area (Å²) in [5, 5.41) is 0.420. The lowest BCUT2D eigenvalue weighted by atomic mass is 10.1. The van der Waals surface area contributed by atoms with Crippen LogP contribution < -0.4 is 0 Å². The Hall–Kier alpha value is -1.45. The van der Waals surface area contributed by atoms with E-state index in [2.05, 4.69) is 9.97 Å². The summed E-state index contributed by atoms with van der Waals surface area (Å²) in [6.45, 7) is 3.82. The van der Waals surface area contributed by atoms with Crippen LogP contribution in [0.5, 0.6) is 0 Å². The topological polar surface area (TPSA) is 35.0 Å². The average Bonchev–Trinajstić information content (AvgIpc) is 2.39. The predicted molar refractivity (Wildman–Crippen MR) is 72.5 cm³/mol. The number of halogens is 1.